The van der Waals surface area contributed by atoms with Crippen LogP contribution in [0.1, 0.15) is 50.7 Å². The zero-order chi connectivity index (χ0) is 15.7. The third kappa shape index (κ3) is 4.47. The second-order valence-corrected chi connectivity index (χ2v) is 6.97. The van der Waals surface area contributed by atoms with Crippen molar-refractivity contribution in [2.24, 2.45) is 11.3 Å². The van der Waals surface area contributed by atoms with E-state index in [9.17, 15) is 18.3 Å². The summed E-state index contributed by atoms with van der Waals surface area (Å²) in [5.41, 5.74) is 0.477. The minimum atomic E-state index is -4.30. The molecule has 1 aliphatic rings. The molecule has 1 atom stereocenters. The van der Waals surface area contributed by atoms with Gasteiger partial charge >= 0.3 is 6.18 Å². The Morgan fingerprint density at radius 1 is 1.14 bits per heavy atom. The van der Waals surface area contributed by atoms with Crippen LogP contribution in [0.4, 0.5) is 13.2 Å². The first-order valence-corrected chi connectivity index (χ1v) is 7.52. The normalized spacial score (nSPS) is 21.2. The fraction of sp³-hybridized carbons (Fsp3) is 0.647. The number of aliphatic hydroxyl groups is 1. The second kappa shape index (κ2) is 5.99. The number of benzene rings is 1. The van der Waals surface area contributed by atoms with Gasteiger partial charge in [0.05, 0.1) is 11.7 Å². The summed E-state index contributed by atoms with van der Waals surface area (Å²) in [4.78, 5) is 0. The van der Waals surface area contributed by atoms with Gasteiger partial charge in [-0.25, -0.2) is 0 Å². The molecule has 2 rings (SSSR count). The molecule has 0 aromatic heterocycles. The van der Waals surface area contributed by atoms with E-state index < -0.39 is 17.8 Å². The quantitative estimate of drug-likeness (QED) is 0.848. The van der Waals surface area contributed by atoms with E-state index in [1.165, 1.54) is 12.1 Å². The molecular formula is C17H23F3O. The molecule has 1 fully saturated rings. The monoisotopic (exact) mass is 300 g/mol. The van der Waals surface area contributed by atoms with Gasteiger partial charge in [-0.3, -0.25) is 0 Å². The molecule has 4 heteroatoms. The van der Waals surface area contributed by atoms with Crippen molar-refractivity contribution in [2.45, 2.75) is 58.2 Å². The van der Waals surface area contributed by atoms with Gasteiger partial charge in [-0.1, -0.05) is 26.0 Å². The number of hydrogen-bond acceptors (Lipinski definition) is 1. The lowest BCUT2D eigenvalue weighted by Gasteiger charge is -2.36. The summed E-state index contributed by atoms with van der Waals surface area (Å²) in [6.45, 7) is 4.48. The molecule has 1 aromatic rings. The molecule has 0 saturated heterocycles. The maximum Gasteiger partial charge on any atom is 0.416 e. The highest BCUT2D eigenvalue weighted by atomic mass is 19.4. The molecule has 0 amide bonds. The van der Waals surface area contributed by atoms with Crippen LogP contribution in [0.2, 0.25) is 0 Å². The van der Waals surface area contributed by atoms with Crippen LogP contribution >= 0.6 is 0 Å². The summed E-state index contributed by atoms with van der Waals surface area (Å²) >= 11 is 0. The maximum absolute atomic E-state index is 12.5. The molecule has 0 aliphatic heterocycles. The molecule has 0 bridgehead atoms. The Balaban J connectivity index is 1.92. The fourth-order valence-electron chi connectivity index (χ4n) is 3.04. The van der Waals surface area contributed by atoms with Crippen LogP contribution in [-0.2, 0) is 12.6 Å². The van der Waals surface area contributed by atoms with Crippen molar-refractivity contribution in [3.8, 4) is 0 Å². The van der Waals surface area contributed by atoms with E-state index in [0.717, 1.165) is 43.4 Å². The number of halogens is 3. The van der Waals surface area contributed by atoms with Crippen molar-refractivity contribution in [3.63, 3.8) is 0 Å². The van der Waals surface area contributed by atoms with Crippen LogP contribution in [-0.4, -0.2) is 11.2 Å². The minimum Gasteiger partial charge on any atom is -0.392 e. The number of hydrogen-bond donors (Lipinski definition) is 1. The van der Waals surface area contributed by atoms with Gasteiger partial charge in [-0.2, -0.15) is 13.2 Å². The van der Waals surface area contributed by atoms with Gasteiger partial charge in [0.1, 0.15) is 0 Å². The summed E-state index contributed by atoms with van der Waals surface area (Å²) < 4.78 is 37.5. The van der Waals surface area contributed by atoms with Crippen molar-refractivity contribution < 1.29 is 18.3 Å². The average Bonchev–Trinajstić information content (AvgIpc) is 2.38. The maximum atomic E-state index is 12.5. The Labute approximate surface area is 124 Å². The van der Waals surface area contributed by atoms with Crippen molar-refractivity contribution in [3.05, 3.63) is 35.4 Å². The Morgan fingerprint density at radius 3 is 2.14 bits per heavy atom. The average molecular weight is 300 g/mol. The van der Waals surface area contributed by atoms with Gasteiger partial charge in [0.2, 0.25) is 0 Å². The Bertz CT molecular complexity index is 452. The van der Waals surface area contributed by atoms with Gasteiger partial charge in [-0.15, -0.1) is 0 Å². The molecule has 1 unspecified atom stereocenters. The smallest absolute Gasteiger partial charge is 0.392 e. The SMILES string of the molecule is CC1(C)CCC(C(O)Cc2ccc(C(F)(F)F)cc2)CC1. The van der Waals surface area contributed by atoms with Crippen LogP contribution in [0.15, 0.2) is 24.3 Å². The zero-order valence-corrected chi connectivity index (χ0v) is 12.6. The molecule has 21 heavy (non-hydrogen) atoms. The molecule has 1 nitrogen and oxygen atoms in total. The summed E-state index contributed by atoms with van der Waals surface area (Å²) in [6.07, 6.45) is -0.139. The van der Waals surface area contributed by atoms with E-state index in [4.69, 9.17) is 0 Å². The molecule has 1 aromatic carbocycles. The highest BCUT2D eigenvalue weighted by Gasteiger charge is 2.31. The van der Waals surface area contributed by atoms with E-state index in [-0.39, 0.29) is 5.92 Å². The first-order valence-electron chi connectivity index (χ1n) is 7.52. The van der Waals surface area contributed by atoms with Crippen LogP contribution in [0.25, 0.3) is 0 Å². The molecular weight excluding hydrogens is 277 g/mol. The minimum absolute atomic E-state index is 0.264. The first-order chi connectivity index (χ1) is 9.67. The zero-order valence-electron chi connectivity index (χ0n) is 12.6. The first kappa shape index (κ1) is 16.3. The van der Waals surface area contributed by atoms with Crippen LogP contribution in [0.3, 0.4) is 0 Å². The summed E-state index contributed by atoms with van der Waals surface area (Å²) in [6, 6.07) is 5.12. The Kier molecular flexibility index (Phi) is 4.66. The highest BCUT2D eigenvalue weighted by molar-refractivity contribution is 5.25. The van der Waals surface area contributed by atoms with Gasteiger partial charge in [0.15, 0.2) is 0 Å². The third-order valence-electron chi connectivity index (χ3n) is 4.65. The van der Waals surface area contributed by atoms with Gasteiger partial charge in [0, 0.05) is 0 Å². The lowest BCUT2D eigenvalue weighted by molar-refractivity contribution is -0.137. The topological polar surface area (TPSA) is 20.2 Å². The molecule has 118 valence electrons. The van der Waals surface area contributed by atoms with Crippen molar-refractivity contribution in [1.82, 2.24) is 0 Å². The van der Waals surface area contributed by atoms with E-state index in [0.29, 0.717) is 11.8 Å². The summed E-state index contributed by atoms with van der Waals surface area (Å²) in [5, 5.41) is 10.3. The Hall–Kier alpha value is -1.03. The molecule has 0 heterocycles. The third-order valence-corrected chi connectivity index (χ3v) is 4.65. The lowest BCUT2D eigenvalue weighted by atomic mass is 9.71. The number of aliphatic hydroxyl groups excluding tert-OH is 1. The lowest BCUT2D eigenvalue weighted by Crippen LogP contribution is -2.30. The molecule has 1 aliphatic carbocycles. The number of alkyl halides is 3. The molecule has 1 N–H and O–H groups in total. The van der Waals surface area contributed by atoms with E-state index in [1.807, 2.05) is 0 Å². The van der Waals surface area contributed by atoms with E-state index in [1.54, 1.807) is 0 Å². The van der Waals surface area contributed by atoms with Crippen molar-refractivity contribution in [2.75, 3.05) is 0 Å². The summed E-state index contributed by atoms with van der Waals surface area (Å²) in [7, 11) is 0. The van der Waals surface area contributed by atoms with Gasteiger partial charge < -0.3 is 5.11 Å². The van der Waals surface area contributed by atoms with Crippen molar-refractivity contribution >= 4 is 0 Å². The Morgan fingerprint density at radius 2 is 1.67 bits per heavy atom. The van der Waals surface area contributed by atoms with Crippen LogP contribution in [0, 0.1) is 11.3 Å². The van der Waals surface area contributed by atoms with Crippen LogP contribution < -0.4 is 0 Å². The summed E-state index contributed by atoms with van der Waals surface area (Å²) in [5.74, 6) is 0.264. The van der Waals surface area contributed by atoms with Crippen LogP contribution in [0.5, 0.6) is 0 Å². The van der Waals surface area contributed by atoms with Gasteiger partial charge in [0.25, 0.3) is 0 Å². The largest absolute Gasteiger partial charge is 0.416 e. The van der Waals surface area contributed by atoms with E-state index in [2.05, 4.69) is 13.8 Å². The predicted octanol–water partition coefficient (Wildman–Crippen LogP) is 4.83. The molecule has 1 saturated carbocycles. The van der Waals surface area contributed by atoms with E-state index >= 15 is 0 Å². The standard InChI is InChI=1S/C17H23F3O/c1-16(2)9-7-13(8-10-16)15(21)11-12-3-5-14(6-4-12)17(18,19)20/h3-6,13,15,21H,7-11H2,1-2H3. The molecule has 0 spiro atoms. The van der Waals surface area contributed by atoms with Crippen molar-refractivity contribution in [1.29, 1.82) is 0 Å². The van der Waals surface area contributed by atoms with Gasteiger partial charge in [-0.05, 0) is 61.1 Å². The predicted molar refractivity (Wildman–Crippen MR) is 76.9 cm³/mol. The highest BCUT2D eigenvalue weighted by Crippen LogP contribution is 2.39. The number of rotatable bonds is 3. The molecule has 0 radical (unpaired) electrons. The second-order valence-electron chi connectivity index (χ2n) is 6.97. The fourth-order valence-corrected chi connectivity index (χ4v) is 3.04.